The topological polar surface area (TPSA) is 106 Å². The molecule has 2 rings (SSSR count). The molecule has 108 valence electrons. The van der Waals surface area contributed by atoms with Gasteiger partial charge in [0.2, 0.25) is 0 Å². The van der Waals surface area contributed by atoms with Crippen LogP contribution in [0.5, 0.6) is 0 Å². The number of morpholine rings is 1. The van der Waals surface area contributed by atoms with E-state index in [4.69, 9.17) is 4.74 Å². The first kappa shape index (κ1) is 14.2. The predicted octanol–water partition coefficient (Wildman–Crippen LogP) is 1.30. The second-order valence-corrected chi connectivity index (χ2v) is 5.16. The highest BCUT2D eigenvalue weighted by Crippen LogP contribution is 2.26. The number of nitro groups is 1. The van der Waals surface area contributed by atoms with E-state index in [0.29, 0.717) is 19.7 Å². The second kappa shape index (κ2) is 5.04. The Kier molecular flexibility index (Phi) is 3.58. The molecule has 0 bridgehead atoms. The summed E-state index contributed by atoms with van der Waals surface area (Å²) in [4.78, 5) is 27.1. The molecule has 0 aliphatic carbocycles. The number of rotatable bonds is 3. The number of ether oxygens (including phenoxy) is 1. The van der Waals surface area contributed by atoms with Crippen molar-refractivity contribution in [1.82, 2.24) is 4.98 Å². The number of carboxylic acid groups (broad SMARTS) is 1. The maximum absolute atomic E-state index is 11.3. The van der Waals surface area contributed by atoms with Crippen LogP contribution in [0.1, 0.15) is 24.2 Å². The van der Waals surface area contributed by atoms with Crippen molar-refractivity contribution in [2.75, 3.05) is 24.6 Å². The Hall–Kier alpha value is -2.22. The van der Waals surface area contributed by atoms with Crippen LogP contribution in [0, 0.1) is 10.1 Å². The lowest BCUT2D eigenvalue weighted by Gasteiger charge is -2.39. The van der Waals surface area contributed by atoms with Crippen molar-refractivity contribution in [2.45, 2.75) is 19.4 Å². The van der Waals surface area contributed by atoms with Crippen LogP contribution >= 0.6 is 0 Å². The Morgan fingerprint density at radius 2 is 2.30 bits per heavy atom. The zero-order chi connectivity index (χ0) is 14.9. The molecule has 0 atom stereocenters. The van der Waals surface area contributed by atoms with Gasteiger partial charge in [-0.2, -0.15) is 0 Å². The second-order valence-electron chi connectivity index (χ2n) is 5.16. The normalized spacial score (nSPS) is 17.8. The zero-order valence-corrected chi connectivity index (χ0v) is 11.2. The maximum atomic E-state index is 11.3. The van der Waals surface area contributed by atoms with E-state index in [2.05, 4.69) is 4.98 Å². The van der Waals surface area contributed by atoms with Crippen LogP contribution in [0.2, 0.25) is 0 Å². The molecule has 0 spiro atoms. The number of carbonyl (C=O) groups is 1. The van der Waals surface area contributed by atoms with Crippen LogP contribution < -0.4 is 4.90 Å². The minimum absolute atomic E-state index is 0.170. The van der Waals surface area contributed by atoms with E-state index in [1.165, 1.54) is 0 Å². The Morgan fingerprint density at radius 3 is 2.85 bits per heavy atom. The van der Waals surface area contributed by atoms with Crippen molar-refractivity contribution in [1.29, 1.82) is 0 Å². The summed E-state index contributed by atoms with van der Waals surface area (Å²) >= 11 is 0. The zero-order valence-electron chi connectivity index (χ0n) is 11.2. The number of aromatic nitrogens is 1. The third-order valence-electron chi connectivity index (χ3n) is 3.02. The first-order valence-electron chi connectivity index (χ1n) is 6.07. The van der Waals surface area contributed by atoms with Crippen LogP contribution in [0.15, 0.2) is 12.3 Å². The van der Waals surface area contributed by atoms with Crippen molar-refractivity contribution < 1.29 is 19.6 Å². The molecule has 0 aromatic carbocycles. The summed E-state index contributed by atoms with van der Waals surface area (Å²) in [5, 5.41) is 19.9. The van der Waals surface area contributed by atoms with Gasteiger partial charge in [0.05, 0.1) is 17.1 Å². The fraction of sp³-hybridized carbons (Fsp3) is 0.500. The molecule has 1 saturated heterocycles. The molecule has 1 N–H and O–H groups in total. The molecule has 8 nitrogen and oxygen atoms in total. The highest BCUT2D eigenvalue weighted by molar-refractivity contribution is 5.94. The number of hydrogen-bond donors (Lipinski definition) is 1. The van der Waals surface area contributed by atoms with Gasteiger partial charge < -0.3 is 14.7 Å². The summed E-state index contributed by atoms with van der Waals surface area (Å²) in [5.74, 6) is -1.00. The smallest absolute Gasteiger partial charge is 0.339 e. The lowest BCUT2D eigenvalue weighted by Crippen LogP contribution is -2.49. The molecule has 1 fully saturated rings. The first-order chi connectivity index (χ1) is 9.30. The Bertz CT molecular complexity index is 558. The number of anilines is 1. The van der Waals surface area contributed by atoms with E-state index in [1.54, 1.807) is 4.90 Å². The van der Waals surface area contributed by atoms with Gasteiger partial charge in [-0.05, 0) is 13.8 Å². The SMILES string of the molecule is CC1(C)CN(c2ncc([N+](=O)[O-])cc2C(=O)O)CCO1. The van der Waals surface area contributed by atoms with Crippen LogP contribution in [-0.4, -0.2) is 46.3 Å². The van der Waals surface area contributed by atoms with Gasteiger partial charge in [0, 0.05) is 19.2 Å². The van der Waals surface area contributed by atoms with Crippen molar-refractivity contribution in [2.24, 2.45) is 0 Å². The van der Waals surface area contributed by atoms with E-state index < -0.39 is 16.5 Å². The fourth-order valence-electron chi connectivity index (χ4n) is 2.15. The van der Waals surface area contributed by atoms with Gasteiger partial charge >= 0.3 is 5.97 Å². The summed E-state index contributed by atoms with van der Waals surface area (Å²) in [6.45, 7) is 5.20. The highest BCUT2D eigenvalue weighted by atomic mass is 16.6. The Morgan fingerprint density at radius 1 is 1.60 bits per heavy atom. The molecule has 1 aliphatic rings. The van der Waals surface area contributed by atoms with Crippen LogP contribution in [0.25, 0.3) is 0 Å². The molecule has 0 saturated carbocycles. The molecule has 0 unspecified atom stereocenters. The molecule has 20 heavy (non-hydrogen) atoms. The summed E-state index contributed by atoms with van der Waals surface area (Å²) in [6, 6.07) is 1.03. The van der Waals surface area contributed by atoms with Crippen LogP contribution in [0.4, 0.5) is 11.5 Å². The highest BCUT2D eigenvalue weighted by Gasteiger charge is 2.31. The lowest BCUT2D eigenvalue weighted by molar-refractivity contribution is -0.385. The monoisotopic (exact) mass is 281 g/mol. The molecule has 2 heterocycles. The van der Waals surface area contributed by atoms with Crippen molar-refractivity contribution in [3.8, 4) is 0 Å². The fourth-order valence-corrected chi connectivity index (χ4v) is 2.15. The van der Waals surface area contributed by atoms with Gasteiger partial charge in [0.15, 0.2) is 0 Å². The van der Waals surface area contributed by atoms with Gasteiger partial charge in [0.25, 0.3) is 5.69 Å². The molecular formula is C12H15N3O5. The summed E-state index contributed by atoms with van der Waals surface area (Å²) < 4.78 is 5.55. The minimum atomic E-state index is -1.24. The minimum Gasteiger partial charge on any atom is -0.478 e. The van der Waals surface area contributed by atoms with Crippen LogP contribution in [0.3, 0.4) is 0 Å². The third-order valence-corrected chi connectivity index (χ3v) is 3.02. The van der Waals surface area contributed by atoms with Gasteiger partial charge in [-0.3, -0.25) is 10.1 Å². The van der Waals surface area contributed by atoms with Gasteiger partial charge in [-0.1, -0.05) is 0 Å². The number of aromatic carboxylic acids is 1. The van der Waals surface area contributed by atoms with Gasteiger partial charge in [-0.15, -0.1) is 0 Å². The van der Waals surface area contributed by atoms with E-state index >= 15 is 0 Å². The summed E-state index contributed by atoms with van der Waals surface area (Å²) in [5.41, 5.74) is -0.923. The van der Waals surface area contributed by atoms with Gasteiger partial charge in [-0.25, -0.2) is 9.78 Å². The first-order valence-corrected chi connectivity index (χ1v) is 6.07. The Balaban J connectivity index is 2.40. The molecule has 0 radical (unpaired) electrons. The molecule has 8 heteroatoms. The van der Waals surface area contributed by atoms with Crippen molar-refractivity contribution in [3.05, 3.63) is 27.9 Å². The molecule has 1 aromatic rings. The van der Waals surface area contributed by atoms with Crippen LogP contribution in [-0.2, 0) is 4.74 Å². The van der Waals surface area contributed by atoms with E-state index in [0.717, 1.165) is 12.3 Å². The van der Waals surface area contributed by atoms with Crippen molar-refractivity contribution >= 4 is 17.5 Å². The quantitative estimate of drug-likeness (QED) is 0.657. The summed E-state index contributed by atoms with van der Waals surface area (Å²) in [7, 11) is 0. The predicted molar refractivity (Wildman–Crippen MR) is 70.1 cm³/mol. The molecule has 0 amide bonds. The number of pyridine rings is 1. The van der Waals surface area contributed by atoms with Gasteiger partial charge in [0.1, 0.15) is 17.6 Å². The Labute approximate surface area is 115 Å². The number of hydrogen-bond acceptors (Lipinski definition) is 6. The van der Waals surface area contributed by atoms with E-state index in [1.807, 2.05) is 13.8 Å². The van der Waals surface area contributed by atoms with E-state index in [-0.39, 0.29) is 17.1 Å². The largest absolute Gasteiger partial charge is 0.478 e. The third kappa shape index (κ3) is 2.85. The average Bonchev–Trinajstić information content (AvgIpc) is 2.36. The number of carboxylic acids is 1. The standard InChI is InChI=1S/C12H15N3O5/c1-12(2)7-14(3-4-20-12)10-9(11(16)17)5-8(6-13-10)15(18)19/h5-6H,3-4,7H2,1-2H3,(H,16,17). The van der Waals surface area contributed by atoms with E-state index in [9.17, 15) is 20.0 Å². The van der Waals surface area contributed by atoms with Crippen molar-refractivity contribution in [3.63, 3.8) is 0 Å². The maximum Gasteiger partial charge on any atom is 0.339 e. The molecular weight excluding hydrogens is 266 g/mol. The average molecular weight is 281 g/mol. The summed E-state index contributed by atoms with van der Waals surface area (Å²) in [6.07, 6.45) is 1.07. The lowest BCUT2D eigenvalue weighted by atomic mass is 10.1. The molecule has 1 aliphatic heterocycles. The number of nitrogens with zero attached hydrogens (tertiary/aromatic N) is 3. The molecule has 1 aromatic heterocycles.